The van der Waals surface area contributed by atoms with Crippen molar-refractivity contribution in [2.75, 3.05) is 20.3 Å². The molecule has 1 aliphatic heterocycles. The van der Waals surface area contributed by atoms with Crippen LogP contribution in [-0.4, -0.2) is 28.7 Å². The molecule has 1 unspecified atom stereocenters. The Hall–Kier alpha value is -3.03. The molecule has 7 heteroatoms. The van der Waals surface area contributed by atoms with Crippen molar-refractivity contribution in [3.05, 3.63) is 83.4 Å². The smallest absolute Gasteiger partial charge is 0.244 e. The third kappa shape index (κ3) is 5.06. The molecule has 0 radical (unpaired) electrons. The predicted octanol–water partition coefficient (Wildman–Crippen LogP) is 4.43. The maximum atomic E-state index is 13.4. The molecule has 1 heterocycles. The van der Waals surface area contributed by atoms with Gasteiger partial charge in [-0.2, -0.15) is 0 Å². The molecule has 3 aromatic rings. The highest BCUT2D eigenvalue weighted by Gasteiger charge is 2.26. The summed E-state index contributed by atoms with van der Waals surface area (Å²) in [4.78, 5) is 0.118. The summed E-state index contributed by atoms with van der Waals surface area (Å²) in [6, 6.07) is 20.0. The first-order chi connectivity index (χ1) is 15.5. The summed E-state index contributed by atoms with van der Waals surface area (Å²) in [5.74, 6) is 1.61. The zero-order valence-electron chi connectivity index (χ0n) is 18.2. The summed E-state index contributed by atoms with van der Waals surface area (Å²) in [5, 5.41) is 0. The van der Waals surface area contributed by atoms with Gasteiger partial charge in [0, 0.05) is 6.42 Å². The molecule has 0 aromatic heterocycles. The van der Waals surface area contributed by atoms with Crippen molar-refractivity contribution in [3.8, 4) is 17.2 Å². The topological polar surface area (TPSA) is 73.9 Å². The number of nitrogens with one attached hydrogen (secondary N) is 1. The van der Waals surface area contributed by atoms with E-state index in [1.54, 1.807) is 12.1 Å². The predicted molar refractivity (Wildman–Crippen MR) is 123 cm³/mol. The number of benzene rings is 3. The van der Waals surface area contributed by atoms with Crippen molar-refractivity contribution in [2.24, 2.45) is 0 Å². The van der Waals surface area contributed by atoms with Crippen molar-refractivity contribution in [1.82, 2.24) is 4.72 Å². The second-order valence-electron chi connectivity index (χ2n) is 7.77. The van der Waals surface area contributed by atoms with E-state index >= 15 is 0 Å². The minimum Gasteiger partial charge on any atom is -0.495 e. The largest absolute Gasteiger partial charge is 0.495 e. The fourth-order valence-corrected chi connectivity index (χ4v) is 5.20. The first kappa shape index (κ1) is 22.2. The quantitative estimate of drug-likeness (QED) is 0.573. The van der Waals surface area contributed by atoms with E-state index in [4.69, 9.17) is 14.2 Å². The van der Waals surface area contributed by atoms with Gasteiger partial charge >= 0.3 is 0 Å². The van der Waals surface area contributed by atoms with Crippen LogP contribution in [-0.2, 0) is 16.4 Å². The highest BCUT2D eigenvalue weighted by molar-refractivity contribution is 7.89. The summed E-state index contributed by atoms with van der Waals surface area (Å²) in [6.07, 6.45) is 1.28. The average molecular weight is 454 g/mol. The monoisotopic (exact) mass is 453 g/mol. The average Bonchev–Trinajstić information content (AvgIpc) is 3.04. The Morgan fingerprint density at radius 3 is 2.47 bits per heavy atom. The molecule has 0 saturated heterocycles. The summed E-state index contributed by atoms with van der Waals surface area (Å²) in [5.41, 5.74) is 2.65. The lowest BCUT2D eigenvalue weighted by Crippen LogP contribution is -2.30. The first-order valence-corrected chi connectivity index (χ1v) is 12.0. The van der Waals surface area contributed by atoms with Crippen LogP contribution in [0.3, 0.4) is 0 Å². The number of aryl methyl sites for hydroxylation is 1. The summed E-state index contributed by atoms with van der Waals surface area (Å²) in [7, 11) is -2.40. The zero-order valence-corrected chi connectivity index (χ0v) is 19.0. The number of rotatable bonds is 7. The molecule has 3 aromatic carbocycles. The summed E-state index contributed by atoms with van der Waals surface area (Å²) >= 11 is 0. The van der Waals surface area contributed by atoms with Crippen LogP contribution >= 0.6 is 0 Å². The van der Waals surface area contributed by atoms with Gasteiger partial charge in [0.15, 0.2) is 11.5 Å². The molecule has 1 atom stereocenters. The van der Waals surface area contributed by atoms with Crippen LogP contribution in [0.25, 0.3) is 0 Å². The van der Waals surface area contributed by atoms with Crippen molar-refractivity contribution >= 4 is 10.0 Å². The normalized spacial score (nSPS) is 14.4. The van der Waals surface area contributed by atoms with Crippen LogP contribution in [0.2, 0.25) is 0 Å². The van der Waals surface area contributed by atoms with Crippen molar-refractivity contribution < 1.29 is 22.6 Å². The number of ether oxygens (including phenoxy) is 3. The Bertz CT molecular complexity index is 1180. The molecule has 6 nitrogen and oxygen atoms in total. The van der Waals surface area contributed by atoms with E-state index < -0.39 is 16.1 Å². The lowest BCUT2D eigenvalue weighted by atomic mass is 9.99. The molecule has 0 bridgehead atoms. The zero-order chi connectivity index (χ0) is 22.6. The second-order valence-corrected chi connectivity index (χ2v) is 9.46. The molecule has 0 saturated carbocycles. The first-order valence-electron chi connectivity index (χ1n) is 10.6. The molecule has 1 aliphatic rings. The van der Waals surface area contributed by atoms with E-state index in [-0.39, 0.29) is 4.90 Å². The van der Waals surface area contributed by atoms with Crippen LogP contribution in [0.15, 0.2) is 71.6 Å². The van der Waals surface area contributed by atoms with Crippen molar-refractivity contribution in [1.29, 1.82) is 0 Å². The van der Waals surface area contributed by atoms with Crippen LogP contribution < -0.4 is 18.9 Å². The molecular formula is C25H27NO5S. The van der Waals surface area contributed by atoms with Gasteiger partial charge in [-0.05, 0) is 54.3 Å². The number of hydrogen-bond acceptors (Lipinski definition) is 5. The second kappa shape index (κ2) is 9.63. The Morgan fingerprint density at radius 2 is 1.72 bits per heavy atom. The highest BCUT2D eigenvalue weighted by Crippen LogP contribution is 2.34. The molecule has 4 rings (SSSR count). The van der Waals surface area contributed by atoms with Gasteiger partial charge in [-0.1, -0.05) is 42.5 Å². The lowest BCUT2D eigenvalue weighted by molar-refractivity contribution is 0.297. The number of sulfonamides is 1. The number of methoxy groups -OCH3 is 1. The Morgan fingerprint density at radius 1 is 0.969 bits per heavy atom. The third-order valence-electron chi connectivity index (χ3n) is 5.36. The lowest BCUT2D eigenvalue weighted by Gasteiger charge is -2.22. The van der Waals surface area contributed by atoms with E-state index in [0.29, 0.717) is 36.9 Å². The molecule has 1 N–H and O–H groups in total. The molecular weight excluding hydrogens is 426 g/mol. The fourth-order valence-electron chi connectivity index (χ4n) is 3.72. The van der Waals surface area contributed by atoms with Crippen LogP contribution in [0.5, 0.6) is 17.2 Å². The van der Waals surface area contributed by atoms with Gasteiger partial charge in [0.2, 0.25) is 10.0 Å². The molecule has 0 aliphatic carbocycles. The van der Waals surface area contributed by atoms with E-state index in [2.05, 4.69) is 4.72 Å². The number of fused-ring (bicyclic) bond motifs is 1. The minimum absolute atomic E-state index is 0.118. The number of hydrogen-bond donors (Lipinski definition) is 1. The summed E-state index contributed by atoms with van der Waals surface area (Å²) < 4.78 is 46.7. The Balaban J connectivity index is 1.72. The Labute approximate surface area is 189 Å². The van der Waals surface area contributed by atoms with E-state index in [9.17, 15) is 8.42 Å². The van der Waals surface area contributed by atoms with E-state index in [0.717, 1.165) is 23.1 Å². The van der Waals surface area contributed by atoms with Crippen molar-refractivity contribution in [2.45, 2.75) is 30.7 Å². The van der Waals surface area contributed by atoms with Gasteiger partial charge in [0.25, 0.3) is 0 Å². The van der Waals surface area contributed by atoms with Gasteiger partial charge in [-0.15, -0.1) is 0 Å². The Kier molecular flexibility index (Phi) is 6.67. The third-order valence-corrected chi connectivity index (χ3v) is 6.86. The molecule has 0 amide bonds. The van der Waals surface area contributed by atoms with E-state index in [1.165, 1.54) is 7.11 Å². The SMILES string of the molecule is COc1ccc(C)cc1S(=O)(=O)NC(Cc1ccccc1)c1ccc2c(c1)OCCCO2. The minimum atomic E-state index is -3.87. The van der Waals surface area contributed by atoms with Gasteiger partial charge in [-0.25, -0.2) is 13.1 Å². The van der Waals surface area contributed by atoms with Gasteiger partial charge in [0.05, 0.1) is 26.4 Å². The van der Waals surface area contributed by atoms with E-state index in [1.807, 2.05) is 61.5 Å². The molecule has 0 fully saturated rings. The highest BCUT2D eigenvalue weighted by atomic mass is 32.2. The van der Waals surface area contributed by atoms with Gasteiger partial charge in [-0.3, -0.25) is 0 Å². The molecule has 32 heavy (non-hydrogen) atoms. The van der Waals surface area contributed by atoms with Crippen LogP contribution in [0, 0.1) is 6.92 Å². The summed E-state index contributed by atoms with van der Waals surface area (Å²) in [6.45, 7) is 3.01. The van der Waals surface area contributed by atoms with Gasteiger partial charge < -0.3 is 14.2 Å². The standard InChI is InChI=1S/C25H27NO5S/c1-18-9-11-23(29-2)25(15-18)32(27,28)26-21(16-19-7-4-3-5-8-19)20-10-12-22-24(17-20)31-14-6-13-30-22/h3-5,7-12,15,17,21,26H,6,13-14,16H2,1-2H3. The maximum Gasteiger partial charge on any atom is 0.244 e. The van der Waals surface area contributed by atoms with Crippen molar-refractivity contribution in [3.63, 3.8) is 0 Å². The molecule has 168 valence electrons. The maximum absolute atomic E-state index is 13.4. The fraction of sp³-hybridized carbons (Fsp3) is 0.280. The van der Waals surface area contributed by atoms with Crippen LogP contribution in [0.1, 0.15) is 29.2 Å². The van der Waals surface area contributed by atoms with Crippen LogP contribution in [0.4, 0.5) is 0 Å². The van der Waals surface area contributed by atoms with Gasteiger partial charge in [0.1, 0.15) is 10.6 Å². The molecule has 0 spiro atoms.